The smallest absolute Gasteiger partial charge is 0.197 e. The maximum Gasteiger partial charge on any atom is 0.197 e. The van der Waals surface area contributed by atoms with Crippen molar-refractivity contribution in [2.45, 2.75) is 13.8 Å². The van der Waals surface area contributed by atoms with E-state index in [-0.39, 0.29) is 5.78 Å². The molecule has 0 unspecified atom stereocenters. The number of hydrogen-bond acceptors (Lipinski definition) is 5. The number of furan rings is 1. The normalized spacial score (nSPS) is 11.2. The molecule has 170 valence electrons. The summed E-state index contributed by atoms with van der Waals surface area (Å²) in [7, 11) is 1.63. The second kappa shape index (κ2) is 10.4. The topological polar surface area (TPSA) is 51.9 Å². The molecule has 1 heterocycles. The monoisotopic (exact) mass is 443 g/mol. The van der Waals surface area contributed by atoms with E-state index in [1.165, 1.54) is 0 Å². The molecular weight excluding hydrogens is 414 g/mol. The molecule has 0 aliphatic heterocycles. The molecule has 0 fully saturated rings. The van der Waals surface area contributed by atoms with Gasteiger partial charge < -0.3 is 18.8 Å². The Kier molecular flexibility index (Phi) is 7.10. The van der Waals surface area contributed by atoms with Gasteiger partial charge in [0.05, 0.1) is 12.7 Å². The van der Waals surface area contributed by atoms with Gasteiger partial charge in [0, 0.05) is 23.1 Å². The third-order valence-electron chi connectivity index (χ3n) is 5.86. The van der Waals surface area contributed by atoms with Crippen LogP contribution in [0, 0.1) is 0 Å². The number of carbonyl (C=O) groups is 1. The number of ketones is 1. The molecule has 0 aliphatic rings. The average Bonchev–Trinajstić information content (AvgIpc) is 3.26. The van der Waals surface area contributed by atoms with Crippen molar-refractivity contribution in [1.82, 2.24) is 4.90 Å². The van der Waals surface area contributed by atoms with Crippen LogP contribution in [0.1, 0.15) is 29.8 Å². The summed E-state index contributed by atoms with van der Waals surface area (Å²) in [4.78, 5) is 15.9. The van der Waals surface area contributed by atoms with Gasteiger partial charge in [-0.15, -0.1) is 0 Å². The van der Waals surface area contributed by atoms with Crippen molar-refractivity contribution < 1.29 is 18.7 Å². The van der Waals surface area contributed by atoms with Gasteiger partial charge in [-0.05, 0) is 67.7 Å². The molecule has 4 rings (SSSR count). The highest BCUT2D eigenvalue weighted by molar-refractivity contribution is 6.19. The zero-order chi connectivity index (χ0) is 23.2. The summed E-state index contributed by atoms with van der Waals surface area (Å²) in [5, 5.41) is 0.799. The zero-order valence-corrected chi connectivity index (χ0v) is 19.3. The Morgan fingerprint density at radius 2 is 1.55 bits per heavy atom. The molecule has 0 amide bonds. The Bertz CT molecular complexity index is 1210. The largest absolute Gasteiger partial charge is 0.497 e. The van der Waals surface area contributed by atoms with Gasteiger partial charge in [0.2, 0.25) is 0 Å². The molecule has 0 spiro atoms. The lowest BCUT2D eigenvalue weighted by Gasteiger charge is -2.18. The van der Waals surface area contributed by atoms with Crippen LogP contribution in [0.25, 0.3) is 22.3 Å². The fourth-order valence-corrected chi connectivity index (χ4v) is 3.90. The number of fused-ring (bicyclic) bond motifs is 1. The summed E-state index contributed by atoms with van der Waals surface area (Å²) >= 11 is 0. The molecule has 4 aromatic rings. The highest BCUT2D eigenvalue weighted by Crippen LogP contribution is 2.36. The van der Waals surface area contributed by atoms with Gasteiger partial charge in [-0.3, -0.25) is 4.79 Å². The Labute approximate surface area is 194 Å². The van der Waals surface area contributed by atoms with E-state index in [0.29, 0.717) is 29.1 Å². The van der Waals surface area contributed by atoms with Gasteiger partial charge in [-0.2, -0.15) is 0 Å². The number of methoxy groups -OCH3 is 1. The summed E-state index contributed by atoms with van der Waals surface area (Å²) in [6.45, 7) is 7.78. The molecular formula is C28H29NO4. The maximum atomic E-state index is 13.6. The lowest BCUT2D eigenvalue weighted by molar-refractivity contribution is 0.104. The van der Waals surface area contributed by atoms with Gasteiger partial charge in [0.1, 0.15) is 29.4 Å². The molecule has 33 heavy (non-hydrogen) atoms. The van der Waals surface area contributed by atoms with Gasteiger partial charge >= 0.3 is 0 Å². The lowest BCUT2D eigenvalue weighted by Crippen LogP contribution is -2.27. The summed E-state index contributed by atoms with van der Waals surface area (Å²) < 4.78 is 17.3. The second-order valence-corrected chi connectivity index (χ2v) is 7.76. The first kappa shape index (κ1) is 22.6. The Balaban J connectivity index is 1.61. The standard InChI is InChI=1S/C28H29NO4/c1-4-29(5-2)18-19-32-23-16-10-20(11-17-23)27(30)26-24-8-6-7-9-25(24)33-28(26)21-12-14-22(31-3)15-13-21/h6-17H,4-5,18-19H2,1-3H3. The van der Waals surface area contributed by atoms with Crippen LogP contribution in [0.15, 0.2) is 77.2 Å². The van der Waals surface area contributed by atoms with Gasteiger partial charge in [0.25, 0.3) is 0 Å². The zero-order valence-electron chi connectivity index (χ0n) is 19.3. The number of para-hydroxylation sites is 1. The predicted molar refractivity (Wildman–Crippen MR) is 131 cm³/mol. The molecule has 3 aromatic carbocycles. The minimum atomic E-state index is -0.0829. The van der Waals surface area contributed by atoms with Crippen LogP contribution in [-0.4, -0.2) is 44.0 Å². The fraction of sp³-hybridized carbons (Fsp3) is 0.250. The molecule has 0 bridgehead atoms. The second-order valence-electron chi connectivity index (χ2n) is 7.76. The Hall–Kier alpha value is -3.57. The highest BCUT2D eigenvalue weighted by atomic mass is 16.5. The number of nitrogens with zero attached hydrogens (tertiary/aromatic N) is 1. The van der Waals surface area contributed by atoms with Crippen molar-refractivity contribution in [3.8, 4) is 22.8 Å². The van der Waals surface area contributed by atoms with Crippen molar-refractivity contribution >= 4 is 16.8 Å². The van der Waals surface area contributed by atoms with E-state index in [2.05, 4.69) is 18.7 Å². The van der Waals surface area contributed by atoms with E-state index in [1.54, 1.807) is 7.11 Å². The first-order valence-electron chi connectivity index (χ1n) is 11.3. The predicted octanol–water partition coefficient (Wildman–Crippen LogP) is 6.06. The molecule has 1 aromatic heterocycles. The molecule has 0 saturated heterocycles. The molecule has 0 N–H and O–H groups in total. The third-order valence-corrected chi connectivity index (χ3v) is 5.86. The Morgan fingerprint density at radius 1 is 0.879 bits per heavy atom. The number of benzene rings is 3. The molecule has 5 heteroatoms. The van der Waals surface area contributed by atoms with Crippen molar-refractivity contribution in [1.29, 1.82) is 0 Å². The van der Waals surface area contributed by atoms with Crippen LogP contribution in [0.2, 0.25) is 0 Å². The summed E-state index contributed by atoms with van der Waals surface area (Å²) in [5.74, 6) is 1.98. The molecule has 5 nitrogen and oxygen atoms in total. The maximum absolute atomic E-state index is 13.6. The number of ether oxygens (including phenoxy) is 2. The first-order valence-corrected chi connectivity index (χ1v) is 11.3. The van der Waals surface area contributed by atoms with Crippen LogP contribution >= 0.6 is 0 Å². The van der Waals surface area contributed by atoms with Crippen LogP contribution in [0.5, 0.6) is 11.5 Å². The van der Waals surface area contributed by atoms with Crippen molar-refractivity contribution in [3.05, 3.63) is 83.9 Å². The van der Waals surface area contributed by atoms with Gasteiger partial charge in [-0.1, -0.05) is 32.0 Å². The molecule has 0 atom stereocenters. The minimum absolute atomic E-state index is 0.0829. The minimum Gasteiger partial charge on any atom is -0.497 e. The fourth-order valence-electron chi connectivity index (χ4n) is 3.90. The van der Waals surface area contributed by atoms with Crippen LogP contribution in [-0.2, 0) is 0 Å². The van der Waals surface area contributed by atoms with E-state index < -0.39 is 0 Å². The molecule has 0 radical (unpaired) electrons. The highest BCUT2D eigenvalue weighted by Gasteiger charge is 2.23. The quantitative estimate of drug-likeness (QED) is 0.279. The van der Waals surface area contributed by atoms with E-state index in [1.807, 2.05) is 72.8 Å². The van der Waals surface area contributed by atoms with E-state index in [9.17, 15) is 4.79 Å². The average molecular weight is 444 g/mol. The SMILES string of the molecule is CCN(CC)CCOc1ccc(C(=O)c2c(-c3ccc(OC)cc3)oc3ccccc23)cc1. The van der Waals surface area contributed by atoms with Gasteiger partial charge in [-0.25, -0.2) is 0 Å². The number of hydrogen-bond donors (Lipinski definition) is 0. The van der Waals surface area contributed by atoms with Crippen LogP contribution in [0.3, 0.4) is 0 Å². The lowest BCUT2D eigenvalue weighted by atomic mass is 9.97. The first-order chi connectivity index (χ1) is 16.1. The van der Waals surface area contributed by atoms with Gasteiger partial charge in [0.15, 0.2) is 5.78 Å². The van der Waals surface area contributed by atoms with Crippen molar-refractivity contribution in [3.63, 3.8) is 0 Å². The third kappa shape index (κ3) is 4.94. The van der Waals surface area contributed by atoms with E-state index in [4.69, 9.17) is 13.9 Å². The summed E-state index contributed by atoms with van der Waals surface area (Å²) in [6, 6.07) is 22.5. The van der Waals surface area contributed by atoms with E-state index >= 15 is 0 Å². The number of likely N-dealkylation sites (N-methyl/N-ethyl adjacent to an activating group) is 1. The Morgan fingerprint density at radius 3 is 2.21 bits per heavy atom. The van der Waals surface area contributed by atoms with Crippen molar-refractivity contribution in [2.24, 2.45) is 0 Å². The molecule has 0 aliphatic carbocycles. The summed E-state index contributed by atoms with van der Waals surface area (Å²) in [5.41, 5.74) is 2.66. The summed E-state index contributed by atoms with van der Waals surface area (Å²) in [6.07, 6.45) is 0. The van der Waals surface area contributed by atoms with Crippen LogP contribution < -0.4 is 9.47 Å². The number of rotatable bonds is 10. The van der Waals surface area contributed by atoms with Crippen LogP contribution in [0.4, 0.5) is 0 Å². The molecule has 0 saturated carbocycles. The van der Waals surface area contributed by atoms with E-state index in [0.717, 1.165) is 42.1 Å². The van der Waals surface area contributed by atoms with Crippen molar-refractivity contribution in [2.75, 3.05) is 33.4 Å². The number of carbonyl (C=O) groups excluding carboxylic acids is 1.